The highest BCUT2D eigenvalue weighted by molar-refractivity contribution is 6.31. The molecule has 0 radical (unpaired) electrons. The monoisotopic (exact) mass is 299 g/mol. The van der Waals surface area contributed by atoms with Crippen LogP contribution in [0.2, 0.25) is 5.02 Å². The maximum absolute atomic E-state index is 6.48. The first-order valence-electron chi connectivity index (χ1n) is 8.09. The highest BCUT2D eigenvalue weighted by Gasteiger charge is 2.17. The standard InChI is InChI=1S/C16H30ClN3/c1-5-8-9-10-11-13(18-4)12-15-16(17)14(6-2)19-20(15)7-3/h13,18H,5-12H2,1-4H3. The number of hydrogen-bond acceptors (Lipinski definition) is 2. The predicted molar refractivity (Wildman–Crippen MR) is 87.6 cm³/mol. The Bertz CT molecular complexity index is 387. The van der Waals surface area contributed by atoms with Gasteiger partial charge in [-0.25, -0.2) is 0 Å². The molecule has 0 spiro atoms. The number of aryl methyl sites for hydroxylation is 2. The molecule has 1 heterocycles. The summed E-state index contributed by atoms with van der Waals surface area (Å²) in [4.78, 5) is 0. The van der Waals surface area contributed by atoms with E-state index in [2.05, 4.69) is 35.9 Å². The van der Waals surface area contributed by atoms with Gasteiger partial charge in [-0.2, -0.15) is 5.10 Å². The molecule has 4 heteroatoms. The fourth-order valence-corrected chi connectivity index (χ4v) is 2.96. The van der Waals surface area contributed by atoms with Gasteiger partial charge in [-0.05, 0) is 26.8 Å². The van der Waals surface area contributed by atoms with Crippen molar-refractivity contribution in [1.29, 1.82) is 0 Å². The average Bonchev–Trinajstić information content (AvgIpc) is 2.78. The SMILES string of the molecule is CCCCCCC(Cc1c(Cl)c(CC)nn1CC)NC. The molecule has 116 valence electrons. The van der Waals surface area contributed by atoms with Crippen molar-refractivity contribution in [2.75, 3.05) is 7.05 Å². The van der Waals surface area contributed by atoms with Crippen LogP contribution < -0.4 is 5.32 Å². The zero-order valence-corrected chi connectivity index (χ0v) is 14.3. The van der Waals surface area contributed by atoms with Crippen LogP contribution in [-0.4, -0.2) is 22.9 Å². The molecule has 0 aliphatic rings. The highest BCUT2D eigenvalue weighted by Crippen LogP contribution is 2.23. The van der Waals surface area contributed by atoms with E-state index in [0.29, 0.717) is 6.04 Å². The molecule has 0 bridgehead atoms. The molecule has 1 unspecified atom stereocenters. The molecule has 0 saturated heterocycles. The fourth-order valence-electron chi connectivity index (χ4n) is 2.61. The first-order valence-corrected chi connectivity index (χ1v) is 8.46. The van der Waals surface area contributed by atoms with E-state index >= 15 is 0 Å². The van der Waals surface area contributed by atoms with Crippen molar-refractivity contribution in [3.8, 4) is 0 Å². The van der Waals surface area contributed by atoms with Gasteiger partial charge in [0.15, 0.2) is 0 Å². The van der Waals surface area contributed by atoms with E-state index in [1.54, 1.807) is 0 Å². The lowest BCUT2D eigenvalue weighted by molar-refractivity contribution is 0.468. The number of aromatic nitrogens is 2. The fraction of sp³-hybridized carbons (Fsp3) is 0.812. The van der Waals surface area contributed by atoms with Crippen LogP contribution >= 0.6 is 11.6 Å². The second-order valence-corrected chi connectivity index (χ2v) is 5.79. The van der Waals surface area contributed by atoms with Crippen LogP contribution in [0.15, 0.2) is 0 Å². The third-order valence-corrected chi connectivity index (χ3v) is 4.38. The van der Waals surface area contributed by atoms with Gasteiger partial charge in [-0.15, -0.1) is 0 Å². The van der Waals surface area contributed by atoms with Gasteiger partial charge in [0.25, 0.3) is 0 Å². The molecule has 0 aromatic carbocycles. The molecular weight excluding hydrogens is 270 g/mol. The van der Waals surface area contributed by atoms with Gasteiger partial charge < -0.3 is 5.32 Å². The third kappa shape index (κ3) is 4.78. The quantitative estimate of drug-likeness (QED) is 0.656. The van der Waals surface area contributed by atoms with Gasteiger partial charge in [0, 0.05) is 19.0 Å². The lowest BCUT2D eigenvalue weighted by Crippen LogP contribution is -2.28. The van der Waals surface area contributed by atoms with E-state index in [4.69, 9.17) is 11.6 Å². The lowest BCUT2D eigenvalue weighted by Gasteiger charge is -2.17. The first kappa shape index (κ1) is 17.5. The summed E-state index contributed by atoms with van der Waals surface area (Å²) in [5, 5.41) is 8.91. The highest BCUT2D eigenvalue weighted by atomic mass is 35.5. The minimum Gasteiger partial charge on any atom is -0.317 e. The molecular formula is C16H30ClN3. The molecule has 1 N–H and O–H groups in total. The van der Waals surface area contributed by atoms with Crippen molar-refractivity contribution in [2.24, 2.45) is 0 Å². The van der Waals surface area contributed by atoms with Crippen LogP contribution in [0.25, 0.3) is 0 Å². The Morgan fingerprint density at radius 1 is 1.20 bits per heavy atom. The number of rotatable bonds is 10. The number of nitrogens with zero attached hydrogens (tertiary/aromatic N) is 2. The minimum absolute atomic E-state index is 0.496. The molecule has 0 aliphatic carbocycles. The average molecular weight is 300 g/mol. The largest absolute Gasteiger partial charge is 0.317 e. The molecule has 0 saturated carbocycles. The third-order valence-electron chi connectivity index (χ3n) is 3.95. The minimum atomic E-state index is 0.496. The second kappa shape index (κ2) is 9.41. The molecule has 1 aromatic heterocycles. The van der Waals surface area contributed by atoms with E-state index < -0.39 is 0 Å². The molecule has 1 rings (SSSR count). The van der Waals surface area contributed by atoms with Crippen molar-refractivity contribution in [1.82, 2.24) is 15.1 Å². The summed E-state index contributed by atoms with van der Waals surface area (Å²) in [6.45, 7) is 7.38. The Balaban J connectivity index is 2.66. The maximum atomic E-state index is 6.48. The van der Waals surface area contributed by atoms with Crippen LogP contribution in [0.1, 0.15) is 64.3 Å². The molecule has 0 amide bonds. The van der Waals surface area contributed by atoms with E-state index in [1.165, 1.54) is 37.8 Å². The first-order chi connectivity index (χ1) is 9.67. The predicted octanol–water partition coefficient (Wildman–Crippen LogP) is 4.22. The van der Waals surface area contributed by atoms with Crippen LogP contribution in [0.4, 0.5) is 0 Å². The normalized spacial score (nSPS) is 12.8. The molecule has 1 atom stereocenters. The Kier molecular flexibility index (Phi) is 8.24. The Labute approximate surface area is 129 Å². The number of nitrogens with one attached hydrogen (secondary N) is 1. The number of hydrogen-bond donors (Lipinski definition) is 1. The smallest absolute Gasteiger partial charge is 0.0850 e. The summed E-state index contributed by atoms with van der Waals surface area (Å²) >= 11 is 6.48. The van der Waals surface area contributed by atoms with E-state index in [0.717, 1.165) is 30.1 Å². The van der Waals surface area contributed by atoms with Crippen molar-refractivity contribution in [3.63, 3.8) is 0 Å². The zero-order chi connectivity index (χ0) is 15.0. The Hall–Kier alpha value is -0.540. The Morgan fingerprint density at radius 3 is 2.50 bits per heavy atom. The van der Waals surface area contributed by atoms with Gasteiger partial charge in [0.1, 0.15) is 0 Å². The van der Waals surface area contributed by atoms with E-state index in [9.17, 15) is 0 Å². The molecule has 0 fully saturated rings. The van der Waals surface area contributed by atoms with Crippen LogP contribution in [0.3, 0.4) is 0 Å². The van der Waals surface area contributed by atoms with E-state index in [1.807, 2.05) is 7.05 Å². The molecule has 20 heavy (non-hydrogen) atoms. The van der Waals surface area contributed by atoms with Gasteiger partial charge in [-0.1, -0.05) is 51.1 Å². The van der Waals surface area contributed by atoms with Crippen molar-refractivity contribution in [2.45, 2.75) is 78.3 Å². The van der Waals surface area contributed by atoms with Crippen LogP contribution in [0.5, 0.6) is 0 Å². The van der Waals surface area contributed by atoms with Crippen LogP contribution in [0, 0.1) is 0 Å². The van der Waals surface area contributed by atoms with Crippen molar-refractivity contribution < 1.29 is 0 Å². The van der Waals surface area contributed by atoms with Crippen LogP contribution in [-0.2, 0) is 19.4 Å². The number of likely N-dealkylation sites (N-methyl/N-ethyl adjacent to an activating group) is 1. The van der Waals surface area contributed by atoms with Gasteiger partial charge >= 0.3 is 0 Å². The number of halogens is 1. The van der Waals surface area contributed by atoms with Gasteiger partial charge in [0.05, 0.1) is 16.4 Å². The summed E-state index contributed by atoms with van der Waals surface area (Å²) in [6.07, 6.45) is 8.33. The number of unbranched alkanes of at least 4 members (excludes halogenated alkanes) is 3. The molecule has 1 aromatic rings. The van der Waals surface area contributed by atoms with Crippen molar-refractivity contribution in [3.05, 3.63) is 16.4 Å². The molecule has 0 aliphatic heterocycles. The zero-order valence-electron chi connectivity index (χ0n) is 13.5. The maximum Gasteiger partial charge on any atom is 0.0850 e. The summed E-state index contributed by atoms with van der Waals surface area (Å²) < 4.78 is 2.07. The molecule has 3 nitrogen and oxygen atoms in total. The van der Waals surface area contributed by atoms with E-state index in [-0.39, 0.29) is 0 Å². The topological polar surface area (TPSA) is 29.9 Å². The van der Waals surface area contributed by atoms with Gasteiger partial charge in [-0.3, -0.25) is 4.68 Å². The summed E-state index contributed by atoms with van der Waals surface area (Å²) in [7, 11) is 2.05. The summed E-state index contributed by atoms with van der Waals surface area (Å²) in [5.41, 5.74) is 2.23. The summed E-state index contributed by atoms with van der Waals surface area (Å²) in [5.74, 6) is 0. The Morgan fingerprint density at radius 2 is 1.95 bits per heavy atom. The van der Waals surface area contributed by atoms with Gasteiger partial charge in [0.2, 0.25) is 0 Å². The van der Waals surface area contributed by atoms with Crippen molar-refractivity contribution >= 4 is 11.6 Å². The second-order valence-electron chi connectivity index (χ2n) is 5.42. The lowest BCUT2D eigenvalue weighted by atomic mass is 10.0. The summed E-state index contributed by atoms with van der Waals surface area (Å²) in [6, 6.07) is 0.496.